The van der Waals surface area contributed by atoms with Crippen molar-refractivity contribution in [3.05, 3.63) is 0 Å². The SMILES string of the molecule is COCC(=NC(C)C)C(C)(C)C. The number of aliphatic imine (C=N–C) groups is 1. The maximum atomic E-state index is 5.10. The quantitative estimate of drug-likeness (QED) is 0.598. The van der Waals surface area contributed by atoms with Crippen LogP contribution in [0.25, 0.3) is 0 Å². The van der Waals surface area contributed by atoms with Gasteiger partial charge in [0.2, 0.25) is 0 Å². The standard InChI is InChI=1S/C10H21NO/c1-8(2)11-9(7-12-6)10(3,4)5/h8H,7H2,1-6H3. The summed E-state index contributed by atoms with van der Waals surface area (Å²) in [7, 11) is 1.71. The monoisotopic (exact) mass is 171 g/mol. The van der Waals surface area contributed by atoms with Crippen molar-refractivity contribution in [2.45, 2.75) is 40.7 Å². The van der Waals surface area contributed by atoms with Gasteiger partial charge >= 0.3 is 0 Å². The summed E-state index contributed by atoms with van der Waals surface area (Å²) in [5, 5.41) is 0. The summed E-state index contributed by atoms with van der Waals surface area (Å²) in [6.45, 7) is 11.3. The van der Waals surface area contributed by atoms with Gasteiger partial charge in [-0.25, -0.2) is 0 Å². The lowest BCUT2D eigenvalue weighted by molar-refractivity contribution is 0.237. The van der Waals surface area contributed by atoms with Crippen molar-refractivity contribution in [2.75, 3.05) is 13.7 Å². The fourth-order valence-electron chi connectivity index (χ4n) is 0.896. The molecule has 0 aromatic rings. The highest BCUT2D eigenvalue weighted by atomic mass is 16.5. The minimum absolute atomic E-state index is 0.125. The normalized spacial score (nSPS) is 14.1. The summed E-state index contributed by atoms with van der Waals surface area (Å²) in [6.07, 6.45) is 0. The molecule has 0 unspecified atom stereocenters. The van der Waals surface area contributed by atoms with Crippen molar-refractivity contribution in [1.82, 2.24) is 0 Å². The molecule has 0 aromatic carbocycles. The molecule has 0 heterocycles. The third-order valence-electron chi connectivity index (χ3n) is 1.56. The average Bonchev–Trinajstić information content (AvgIpc) is 1.83. The zero-order chi connectivity index (χ0) is 9.78. The van der Waals surface area contributed by atoms with Gasteiger partial charge in [0, 0.05) is 24.3 Å². The van der Waals surface area contributed by atoms with E-state index in [0.29, 0.717) is 12.6 Å². The fraction of sp³-hybridized carbons (Fsp3) is 0.900. The van der Waals surface area contributed by atoms with Crippen molar-refractivity contribution in [3.8, 4) is 0 Å². The van der Waals surface area contributed by atoms with Gasteiger partial charge in [-0.3, -0.25) is 4.99 Å². The molecule has 0 atom stereocenters. The Hall–Kier alpha value is -0.370. The Morgan fingerprint density at radius 3 is 2.08 bits per heavy atom. The van der Waals surface area contributed by atoms with Crippen LogP contribution in [0.15, 0.2) is 4.99 Å². The number of hydrogen-bond acceptors (Lipinski definition) is 2. The first-order valence-electron chi connectivity index (χ1n) is 4.44. The summed E-state index contributed by atoms with van der Waals surface area (Å²) in [5.41, 5.74) is 1.26. The molecule has 2 nitrogen and oxygen atoms in total. The lowest BCUT2D eigenvalue weighted by Crippen LogP contribution is -2.26. The lowest BCUT2D eigenvalue weighted by atomic mass is 9.90. The number of nitrogens with zero attached hydrogens (tertiary/aromatic N) is 1. The van der Waals surface area contributed by atoms with E-state index >= 15 is 0 Å². The molecule has 0 bridgehead atoms. The van der Waals surface area contributed by atoms with Gasteiger partial charge in [-0.15, -0.1) is 0 Å². The molecule has 72 valence electrons. The molecule has 0 saturated carbocycles. The summed E-state index contributed by atoms with van der Waals surface area (Å²) in [4.78, 5) is 4.53. The van der Waals surface area contributed by atoms with Crippen LogP contribution in [-0.4, -0.2) is 25.5 Å². The predicted molar refractivity (Wildman–Crippen MR) is 53.9 cm³/mol. The molecule has 0 N–H and O–H groups in total. The number of rotatable bonds is 3. The van der Waals surface area contributed by atoms with E-state index in [1.165, 1.54) is 0 Å². The number of ether oxygens (including phenoxy) is 1. The van der Waals surface area contributed by atoms with Gasteiger partial charge in [0.1, 0.15) is 0 Å². The van der Waals surface area contributed by atoms with E-state index in [0.717, 1.165) is 5.71 Å². The Kier molecular flexibility index (Phi) is 4.46. The molecule has 0 aromatic heterocycles. The second-order valence-corrected chi connectivity index (χ2v) is 4.35. The first kappa shape index (κ1) is 11.6. The van der Waals surface area contributed by atoms with Crippen molar-refractivity contribution in [1.29, 1.82) is 0 Å². The van der Waals surface area contributed by atoms with Crippen LogP contribution in [0, 0.1) is 5.41 Å². The van der Waals surface area contributed by atoms with Gasteiger partial charge in [-0.05, 0) is 13.8 Å². The highest BCUT2D eigenvalue weighted by molar-refractivity contribution is 5.90. The molecule has 2 heteroatoms. The molecule has 0 aliphatic rings. The lowest BCUT2D eigenvalue weighted by Gasteiger charge is -2.21. The Morgan fingerprint density at radius 1 is 1.33 bits per heavy atom. The number of methoxy groups -OCH3 is 1. The molecule has 12 heavy (non-hydrogen) atoms. The van der Waals surface area contributed by atoms with Crippen molar-refractivity contribution < 1.29 is 4.74 Å². The third-order valence-corrected chi connectivity index (χ3v) is 1.56. The van der Waals surface area contributed by atoms with Gasteiger partial charge in [-0.2, -0.15) is 0 Å². The molecule has 0 rings (SSSR count). The van der Waals surface area contributed by atoms with Gasteiger partial charge in [0.15, 0.2) is 0 Å². The summed E-state index contributed by atoms with van der Waals surface area (Å²) < 4.78 is 5.10. The Bertz CT molecular complexity index is 154. The first-order chi connectivity index (χ1) is 5.38. The zero-order valence-corrected chi connectivity index (χ0v) is 9.14. The van der Waals surface area contributed by atoms with E-state index in [1.807, 2.05) is 0 Å². The van der Waals surface area contributed by atoms with Crippen LogP contribution < -0.4 is 0 Å². The van der Waals surface area contributed by atoms with E-state index in [2.05, 4.69) is 39.6 Å². The van der Waals surface area contributed by atoms with Crippen molar-refractivity contribution >= 4 is 5.71 Å². The fourth-order valence-corrected chi connectivity index (χ4v) is 0.896. The van der Waals surface area contributed by atoms with Crippen molar-refractivity contribution in [3.63, 3.8) is 0 Å². The molecule has 0 saturated heterocycles. The first-order valence-corrected chi connectivity index (χ1v) is 4.44. The maximum absolute atomic E-state index is 5.10. The second-order valence-electron chi connectivity index (χ2n) is 4.35. The second kappa shape index (κ2) is 4.61. The largest absolute Gasteiger partial charge is 0.379 e. The zero-order valence-electron chi connectivity index (χ0n) is 9.14. The highest BCUT2D eigenvalue weighted by Crippen LogP contribution is 2.17. The van der Waals surface area contributed by atoms with Crippen LogP contribution in [0.4, 0.5) is 0 Å². The molecule has 0 aliphatic carbocycles. The van der Waals surface area contributed by atoms with Crippen LogP contribution in [0.1, 0.15) is 34.6 Å². The molecule has 0 fully saturated rings. The maximum Gasteiger partial charge on any atom is 0.0845 e. The third kappa shape index (κ3) is 4.50. The Labute approximate surface area is 76.0 Å². The average molecular weight is 171 g/mol. The molecule has 0 amide bonds. The minimum atomic E-state index is 0.125. The van der Waals surface area contributed by atoms with E-state index < -0.39 is 0 Å². The van der Waals surface area contributed by atoms with Gasteiger partial charge < -0.3 is 4.74 Å². The van der Waals surface area contributed by atoms with E-state index in [4.69, 9.17) is 4.74 Å². The summed E-state index contributed by atoms with van der Waals surface area (Å²) in [6, 6.07) is 0.356. The Balaban J connectivity index is 4.44. The van der Waals surface area contributed by atoms with Crippen LogP contribution >= 0.6 is 0 Å². The summed E-state index contributed by atoms with van der Waals surface area (Å²) in [5.74, 6) is 0. The minimum Gasteiger partial charge on any atom is -0.379 e. The van der Waals surface area contributed by atoms with Crippen molar-refractivity contribution in [2.24, 2.45) is 10.4 Å². The van der Waals surface area contributed by atoms with Gasteiger partial charge in [0.05, 0.1) is 6.61 Å². The molecular weight excluding hydrogens is 150 g/mol. The Morgan fingerprint density at radius 2 is 1.83 bits per heavy atom. The van der Waals surface area contributed by atoms with Crippen LogP contribution in [0.3, 0.4) is 0 Å². The molecule has 0 spiro atoms. The molecular formula is C10H21NO. The molecule has 0 radical (unpaired) electrons. The van der Waals surface area contributed by atoms with E-state index in [9.17, 15) is 0 Å². The van der Waals surface area contributed by atoms with Crippen LogP contribution in [0.5, 0.6) is 0 Å². The topological polar surface area (TPSA) is 21.6 Å². The van der Waals surface area contributed by atoms with Gasteiger partial charge in [-0.1, -0.05) is 20.8 Å². The smallest absolute Gasteiger partial charge is 0.0845 e. The van der Waals surface area contributed by atoms with Crippen LogP contribution in [-0.2, 0) is 4.74 Å². The summed E-state index contributed by atoms with van der Waals surface area (Å²) >= 11 is 0. The van der Waals surface area contributed by atoms with Gasteiger partial charge in [0.25, 0.3) is 0 Å². The number of hydrogen-bond donors (Lipinski definition) is 0. The van der Waals surface area contributed by atoms with E-state index in [-0.39, 0.29) is 5.41 Å². The van der Waals surface area contributed by atoms with Crippen LogP contribution in [0.2, 0.25) is 0 Å². The predicted octanol–water partition coefficient (Wildman–Crippen LogP) is 2.53. The van der Waals surface area contributed by atoms with E-state index in [1.54, 1.807) is 7.11 Å². The molecule has 0 aliphatic heterocycles. The highest BCUT2D eigenvalue weighted by Gasteiger charge is 2.18.